The highest BCUT2D eigenvalue weighted by Gasteiger charge is 2.33. The van der Waals surface area contributed by atoms with Gasteiger partial charge in [0.15, 0.2) is 0 Å². The molecule has 3 unspecified atom stereocenters. The van der Waals surface area contributed by atoms with Crippen molar-refractivity contribution >= 4 is 11.6 Å². The first-order chi connectivity index (χ1) is 9.11. The van der Waals surface area contributed by atoms with Crippen LogP contribution < -0.4 is 5.32 Å². The molecule has 0 aromatic heterocycles. The Morgan fingerprint density at radius 2 is 2.11 bits per heavy atom. The van der Waals surface area contributed by atoms with Crippen LogP contribution in [-0.2, 0) is 0 Å². The second-order valence-corrected chi connectivity index (χ2v) is 6.29. The fourth-order valence-corrected chi connectivity index (χ4v) is 2.98. The van der Waals surface area contributed by atoms with Crippen LogP contribution in [0.2, 0.25) is 5.02 Å². The predicted octanol–water partition coefficient (Wildman–Crippen LogP) is 3.58. The maximum Gasteiger partial charge on any atom is 0.0453 e. The maximum atomic E-state index is 6.27. The zero-order valence-electron chi connectivity index (χ0n) is 12.2. The number of benzene rings is 1. The van der Waals surface area contributed by atoms with Gasteiger partial charge in [-0.15, -0.1) is 0 Å². The van der Waals surface area contributed by atoms with Crippen molar-refractivity contribution in [2.45, 2.75) is 25.8 Å². The number of rotatable bonds is 7. The summed E-state index contributed by atoms with van der Waals surface area (Å²) in [6.45, 7) is 4.69. The summed E-state index contributed by atoms with van der Waals surface area (Å²) in [5, 5.41) is 4.24. The molecule has 0 heterocycles. The van der Waals surface area contributed by atoms with E-state index in [4.69, 9.17) is 11.6 Å². The summed E-state index contributed by atoms with van der Waals surface area (Å²) in [5.74, 6) is 1.87. The minimum atomic E-state index is 0.341. The molecule has 1 aromatic carbocycles. The highest BCUT2D eigenvalue weighted by Crippen LogP contribution is 2.38. The van der Waals surface area contributed by atoms with Crippen molar-refractivity contribution in [1.82, 2.24) is 10.2 Å². The van der Waals surface area contributed by atoms with Crippen molar-refractivity contribution in [2.75, 3.05) is 27.2 Å². The van der Waals surface area contributed by atoms with Crippen molar-refractivity contribution in [3.63, 3.8) is 0 Å². The Morgan fingerprint density at radius 1 is 1.42 bits per heavy atom. The maximum absolute atomic E-state index is 6.27. The van der Waals surface area contributed by atoms with Crippen molar-refractivity contribution in [3.8, 4) is 0 Å². The van der Waals surface area contributed by atoms with E-state index in [1.807, 2.05) is 19.2 Å². The van der Waals surface area contributed by atoms with Gasteiger partial charge >= 0.3 is 0 Å². The predicted molar refractivity (Wildman–Crippen MR) is 82.6 cm³/mol. The summed E-state index contributed by atoms with van der Waals surface area (Å²) in [5.41, 5.74) is 1.21. The van der Waals surface area contributed by atoms with Crippen LogP contribution in [-0.4, -0.2) is 32.1 Å². The van der Waals surface area contributed by atoms with Crippen molar-refractivity contribution in [3.05, 3.63) is 34.9 Å². The number of nitrogens with zero attached hydrogens (tertiary/aromatic N) is 1. The van der Waals surface area contributed by atoms with Crippen molar-refractivity contribution < 1.29 is 0 Å². The minimum Gasteiger partial charge on any atom is -0.313 e. The van der Waals surface area contributed by atoms with Gasteiger partial charge in [0, 0.05) is 17.6 Å². The molecule has 1 aliphatic carbocycles. The molecule has 2 rings (SSSR count). The molecule has 1 saturated carbocycles. The molecular weight excluding hydrogens is 256 g/mol. The lowest BCUT2D eigenvalue weighted by Gasteiger charge is -2.22. The Labute approximate surface area is 122 Å². The SMILES string of the molecule is CNC(CCN(C)CC1CC1C)c1ccccc1Cl. The lowest BCUT2D eigenvalue weighted by molar-refractivity contribution is 0.295. The van der Waals surface area contributed by atoms with E-state index in [1.54, 1.807) is 0 Å². The highest BCUT2D eigenvalue weighted by molar-refractivity contribution is 6.31. The van der Waals surface area contributed by atoms with Gasteiger partial charge in [0.2, 0.25) is 0 Å². The second-order valence-electron chi connectivity index (χ2n) is 5.89. The van der Waals surface area contributed by atoms with Gasteiger partial charge in [-0.2, -0.15) is 0 Å². The fraction of sp³-hybridized carbons (Fsp3) is 0.625. The summed E-state index contributed by atoms with van der Waals surface area (Å²) >= 11 is 6.27. The first-order valence-corrected chi connectivity index (χ1v) is 7.59. The molecule has 0 radical (unpaired) electrons. The minimum absolute atomic E-state index is 0.341. The average Bonchev–Trinajstić information content (AvgIpc) is 3.07. The molecule has 0 saturated heterocycles. The molecule has 3 heteroatoms. The molecule has 0 aliphatic heterocycles. The molecule has 1 N–H and O–H groups in total. The van der Waals surface area contributed by atoms with Gasteiger partial charge in [0.1, 0.15) is 0 Å². The third-order valence-electron chi connectivity index (χ3n) is 4.25. The van der Waals surface area contributed by atoms with E-state index < -0.39 is 0 Å². The number of hydrogen-bond donors (Lipinski definition) is 1. The first kappa shape index (κ1) is 14.8. The van der Waals surface area contributed by atoms with E-state index in [9.17, 15) is 0 Å². The Morgan fingerprint density at radius 3 is 2.68 bits per heavy atom. The Bertz CT molecular complexity index is 407. The van der Waals surface area contributed by atoms with Crippen LogP contribution in [0.3, 0.4) is 0 Å². The second kappa shape index (κ2) is 6.74. The molecule has 106 valence electrons. The number of hydrogen-bond acceptors (Lipinski definition) is 2. The molecule has 1 aromatic rings. The van der Waals surface area contributed by atoms with Crippen LogP contribution in [0.5, 0.6) is 0 Å². The zero-order valence-corrected chi connectivity index (χ0v) is 13.0. The monoisotopic (exact) mass is 280 g/mol. The Hall–Kier alpha value is -0.570. The average molecular weight is 281 g/mol. The smallest absolute Gasteiger partial charge is 0.0453 e. The van der Waals surface area contributed by atoms with Gasteiger partial charge in [-0.25, -0.2) is 0 Å². The molecule has 0 spiro atoms. The van der Waals surface area contributed by atoms with Crippen LogP contribution in [0.15, 0.2) is 24.3 Å². The van der Waals surface area contributed by atoms with Crippen molar-refractivity contribution in [1.29, 1.82) is 0 Å². The van der Waals surface area contributed by atoms with Gasteiger partial charge in [0.25, 0.3) is 0 Å². The largest absolute Gasteiger partial charge is 0.313 e. The fourth-order valence-electron chi connectivity index (χ4n) is 2.71. The normalized spacial score (nSPS) is 23.6. The Kier molecular flexibility index (Phi) is 5.26. The lowest BCUT2D eigenvalue weighted by atomic mass is 10.0. The number of halogens is 1. The van der Waals surface area contributed by atoms with Gasteiger partial charge in [0.05, 0.1) is 0 Å². The molecule has 1 aliphatic rings. The van der Waals surface area contributed by atoms with E-state index in [0.29, 0.717) is 6.04 Å². The van der Waals surface area contributed by atoms with Gasteiger partial charge in [-0.3, -0.25) is 0 Å². The van der Waals surface area contributed by atoms with Gasteiger partial charge < -0.3 is 10.2 Å². The third kappa shape index (κ3) is 4.20. The standard InChI is InChI=1S/C16H25ClN2/c1-12-10-13(12)11-19(3)9-8-16(18-2)14-6-4-5-7-15(14)17/h4-7,12-13,16,18H,8-11H2,1-3H3. The molecular formula is C16H25ClN2. The van der Waals surface area contributed by atoms with Gasteiger partial charge in [-0.05, 0) is 56.9 Å². The molecule has 3 atom stereocenters. The van der Waals surface area contributed by atoms with Crippen LogP contribution in [0.4, 0.5) is 0 Å². The van der Waals surface area contributed by atoms with E-state index in [0.717, 1.165) is 29.8 Å². The quantitative estimate of drug-likeness (QED) is 0.821. The Balaban J connectivity index is 1.84. The summed E-state index contributed by atoms with van der Waals surface area (Å²) in [6.07, 6.45) is 2.50. The highest BCUT2D eigenvalue weighted by atomic mass is 35.5. The molecule has 2 nitrogen and oxygen atoms in total. The zero-order chi connectivity index (χ0) is 13.8. The lowest BCUT2D eigenvalue weighted by Crippen LogP contribution is -2.27. The van der Waals surface area contributed by atoms with Crippen LogP contribution in [0.1, 0.15) is 31.4 Å². The molecule has 19 heavy (non-hydrogen) atoms. The topological polar surface area (TPSA) is 15.3 Å². The summed E-state index contributed by atoms with van der Waals surface area (Å²) in [4.78, 5) is 2.45. The van der Waals surface area contributed by atoms with Crippen LogP contribution in [0, 0.1) is 11.8 Å². The first-order valence-electron chi connectivity index (χ1n) is 7.22. The van der Waals surface area contributed by atoms with Crippen molar-refractivity contribution in [2.24, 2.45) is 11.8 Å². The summed E-state index contributed by atoms with van der Waals surface area (Å²) < 4.78 is 0. The molecule has 1 fully saturated rings. The van der Waals surface area contributed by atoms with E-state index in [-0.39, 0.29) is 0 Å². The molecule has 0 bridgehead atoms. The van der Waals surface area contributed by atoms with E-state index in [2.05, 4.69) is 36.3 Å². The van der Waals surface area contributed by atoms with E-state index >= 15 is 0 Å². The van der Waals surface area contributed by atoms with Gasteiger partial charge in [-0.1, -0.05) is 36.7 Å². The summed E-state index contributed by atoms with van der Waals surface area (Å²) in [6, 6.07) is 8.47. The summed E-state index contributed by atoms with van der Waals surface area (Å²) in [7, 11) is 4.24. The third-order valence-corrected chi connectivity index (χ3v) is 4.60. The number of nitrogens with one attached hydrogen (secondary N) is 1. The van der Waals surface area contributed by atoms with E-state index in [1.165, 1.54) is 18.5 Å². The van der Waals surface area contributed by atoms with Crippen LogP contribution in [0.25, 0.3) is 0 Å². The molecule has 0 amide bonds. The van der Waals surface area contributed by atoms with Crippen LogP contribution >= 0.6 is 11.6 Å².